The Kier molecular flexibility index (Phi) is 5.91. The molecular weight excluding hydrogens is 212 g/mol. The number of hydrogen-bond acceptors (Lipinski definition) is 2. The number of nitrogens with zero attached hydrogens (tertiary/aromatic N) is 2. The van der Waals surface area contributed by atoms with Gasteiger partial charge in [-0.15, -0.1) is 0 Å². The van der Waals surface area contributed by atoms with Crippen molar-refractivity contribution in [3.8, 4) is 0 Å². The smallest absolute Gasteiger partial charge is 0.215 e. The molecule has 1 fully saturated rings. The van der Waals surface area contributed by atoms with E-state index in [2.05, 4.69) is 9.69 Å². The molecule has 1 heterocycles. The molecule has 0 amide bonds. The van der Waals surface area contributed by atoms with Crippen molar-refractivity contribution < 1.29 is 0 Å². The molecule has 0 aromatic carbocycles. The Morgan fingerprint density at radius 1 is 0.929 bits per heavy atom. The first-order valence-electron chi connectivity index (χ1n) is 4.76. The molecule has 2 unspecified atom stereocenters. The Hall–Kier alpha value is -0.320. The molecule has 0 aromatic heterocycles. The Bertz CT molecular complexity index is 207. The Morgan fingerprint density at radius 2 is 1.36 bits per heavy atom. The van der Waals surface area contributed by atoms with Crippen molar-refractivity contribution in [2.45, 2.75) is 23.3 Å². The molecule has 0 aliphatic carbocycles. The van der Waals surface area contributed by atoms with Crippen LogP contribution in [-0.2, 0) is 0 Å². The number of hydrogen-bond donors (Lipinski definition) is 0. The summed E-state index contributed by atoms with van der Waals surface area (Å²) in [5, 5.41) is 1.36. The lowest BCUT2D eigenvalue weighted by Crippen LogP contribution is -2.22. The van der Waals surface area contributed by atoms with E-state index in [9.17, 15) is 0 Å². The topological polar surface area (TPSA) is 8.72 Å². The summed E-state index contributed by atoms with van der Waals surface area (Å²) in [5.74, 6) is 2.34. The van der Waals surface area contributed by atoms with Gasteiger partial charge in [0.05, 0.1) is 0 Å². The van der Waals surface area contributed by atoms with E-state index >= 15 is 0 Å². The van der Waals surface area contributed by atoms with Crippen molar-refractivity contribution in [1.29, 1.82) is 0 Å². The molecule has 1 rings (SSSR count). The van der Waals surface area contributed by atoms with Crippen molar-refractivity contribution in [2.75, 3.05) is 24.6 Å². The Morgan fingerprint density at radius 3 is 1.64 bits per heavy atom. The summed E-state index contributed by atoms with van der Waals surface area (Å²) in [6.07, 6.45) is 2.08. The van der Waals surface area contributed by atoms with Crippen LogP contribution in [0.1, 0.15) is 12.8 Å². The van der Waals surface area contributed by atoms with E-state index in [0.717, 1.165) is 12.8 Å². The van der Waals surface area contributed by atoms with Gasteiger partial charge in [0.25, 0.3) is 0 Å². The van der Waals surface area contributed by atoms with Crippen LogP contribution in [0.5, 0.6) is 0 Å². The van der Waals surface area contributed by atoms with Gasteiger partial charge in [-0.2, -0.15) is 23.5 Å². The van der Waals surface area contributed by atoms with Gasteiger partial charge in [0, 0.05) is 34.8 Å². The standard InChI is InChI=1S/C10H14N2S2/c1-11-5-3-9-7-14-10(8-13-9)4-6-12-2/h9-10H,3-8H2. The van der Waals surface area contributed by atoms with Crippen LogP contribution >= 0.6 is 23.5 Å². The SMILES string of the molecule is [C-]#[N+]CCC1CSC(CC[N+]#[C-])CS1. The highest BCUT2D eigenvalue weighted by Crippen LogP contribution is 2.33. The van der Waals surface area contributed by atoms with Crippen molar-refractivity contribution in [1.82, 2.24) is 0 Å². The third kappa shape index (κ3) is 4.26. The zero-order chi connectivity index (χ0) is 10.2. The molecule has 76 valence electrons. The van der Waals surface area contributed by atoms with E-state index in [1.54, 1.807) is 0 Å². The zero-order valence-corrected chi connectivity index (χ0v) is 9.74. The normalized spacial score (nSPS) is 26.4. The average Bonchev–Trinajstić information content (AvgIpc) is 2.25. The van der Waals surface area contributed by atoms with Crippen molar-refractivity contribution in [3.63, 3.8) is 0 Å². The zero-order valence-electron chi connectivity index (χ0n) is 8.11. The van der Waals surface area contributed by atoms with E-state index in [1.165, 1.54) is 11.5 Å². The summed E-state index contributed by atoms with van der Waals surface area (Å²) in [6.45, 7) is 14.8. The van der Waals surface area contributed by atoms with Crippen LogP contribution in [0.4, 0.5) is 0 Å². The van der Waals surface area contributed by atoms with E-state index < -0.39 is 0 Å². The summed E-state index contributed by atoms with van der Waals surface area (Å²) < 4.78 is 0. The van der Waals surface area contributed by atoms with Crippen LogP contribution in [0.3, 0.4) is 0 Å². The van der Waals surface area contributed by atoms with E-state index in [4.69, 9.17) is 13.1 Å². The number of rotatable bonds is 4. The highest BCUT2D eigenvalue weighted by Gasteiger charge is 2.22. The minimum atomic E-state index is 0.672. The molecule has 1 saturated heterocycles. The van der Waals surface area contributed by atoms with Crippen LogP contribution in [0.25, 0.3) is 9.69 Å². The predicted octanol–water partition coefficient (Wildman–Crippen LogP) is 2.82. The first-order valence-corrected chi connectivity index (χ1v) is 6.86. The van der Waals surface area contributed by atoms with Crippen LogP contribution in [0.15, 0.2) is 0 Å². The summed E-state index contributed by atoms with van der Waals surface area (Å²) >= 11 is 3.99. The maximum absolute atomic E-state index is 6.73. The highest BCUT2D eigenvalue weighted by atomic mass is 32.2. The maximum Gasteiger partial charge on any atom is 0.215 e. The third-order valence-electron chi connectivity index (χ3n) is 2.16. The Labute approximate surface area is 94.5 Å². The lowest BCUT2D eigenvalue weighted by molar-refractivity contribution is 0.837. The summed E-state index contributed by atoms with van der Waals surface area (Å²) in [5.41, 5.74) is 0. The van der Waals surface area contributed by atoms with Gasteiger partial charge in [-0.1, -0.05) is 0 Å². The van der Waals surface area contributed by atoms with Gasteiger partial charge >= 0.3 is 0 Å². The molecule has 2 atom stereocenters. The molecule has 0 radical (unpaired) electrons. The predicted molar refractivity (Wildman–Crippen MR) is 64.7 cm³/mol. The van der Waals surface area contributed by atoms with Gasteiger partial charge in [-0.25, -0.2) is 13.1 Å². The molecule has 0 N–H and O–H groups in total. The van der Waals surface area contributed by atoms with Crippen LogP contribution < -0.4 is 0 Å². The molecule has 0 aromatic rings. The van der Waals surface area contributed by atoms with Gasteiger partial charge in [0.1, 0.15) is 0 Å². The average molecular weight is 226 g/mol. The quantitative estimate of drug-likeness (QED) is 0.681. The monoisotopic (exact) mass is 226 g/mol. The molecule has 2 nitrogen and oxygen atoms in total. The largest absolute Gasteiger partial charge is 0.317 e. The summed E-state index contributed by atoms with van der Waals surface area (Å²) in [7, 11) is 0. The first-order chi connectivity index (χ1) is 6.86. The van der Waals surface area contributed by atoms with Gasteiger partial charge in [0.2, 0.25) is 13.1 Å². The van der Waals surface area contributed by atoms with Crippen LogP contribution in [0.2, 0.25) is 0 Å². The van der Waals surface area contributed by atoms with E-state index in [-0.39, 0.29) is 0 Å². The van der Waals surface area contributed by atoms with E-state index in [0.29, 0.717) is 23.6 Å². The number of thioether (sulfide) groups is 2. The molecule has 0 spiro atoms. The molecule has 14 heavy (non-hydrogen) atoms. The third-order valence-corrected chi connectivity index (χ3v) is 5.52. The van der Waals surface area contributed by atoms with Crippen LogP contribution in [0, 0.1) is 13.1 Å². The molecule has 0 bridgehead atoms. The fourth-order valence-electron chi connectivity index (χ4n) is 1.33. The highest BCUT2D eigenvalue weighted by molar-refractivity contribution is 8.07. The van der Waals surface area contributed by atoms with Gasteiger partial charge in [-0.3, -0.25) is 0 Å². The minimum absolute atomic E-state index is 0.672. The van der Waals surface area contributed by atoms with Crippen molar-refractivity contribution in [3.05, 3.63) is 22.8 Å². The second-order valence-corrected chi connectivity index (χ2v) is 5.92. The fourth-order valence-corrected chi connectivity index (χ4v) is 4.43. The summed E-state index contributed by atoms with van der Waals surface area (Å²) in [6, 6.07) is 0. The lowest BCUT2D eigenvalue weighted by atomic mass is 10.3. The van der Waals surface area contributed by atoms with E-state index in [1.807, 2.05) is 23.5 Å². The van der Waals surface area contributed by atoms with Gasteiger partial charge in [0.15, 0.2) is 0 Å². The molecule has 1 aliphatic heterocycles. The van der Waals surface area contributed by atoms with Crippen molar-refractivity contribution >= 4 is 23.5 Å². The second-order valence-electron chi connectivity index (χ2n) is 3.25. The maximum atomic E-state index is 6.73. The Balaban J connectivity index is 2.12. The van der Waals surface area contributed by atoms with Gasteiger partial charge in [-0.05, 0) is 0 Å². The molecule has 0 saturated carbocycles. The van der Waals surface area contributed by atoms with Crippen LogP contribution in [-0.4, -0.2) is 35.1 Å². The lowest BCUT2D eigenvalue weighted by Gasteiger charge is -2.25. The first kappa shape index (κ1) is 11.8. The molecular formula is C10H14N2S2. The molecule has 1 aliphatic rings. The fraction of sp³-hybridized carbons (Fsp3) is 0.800. The summed E-state index contributed by atoms with van der Waals surface area (Å²) in [4.78, 5) is 6.77. The minimum Gasteiger partial charge on any atom is -0.317 e. The van der Waals surface area contributed by atoms with Gasteiger partial charge < -0.3 is 9.69 Å². The molecule has 4 heteroatoms. The second kappa shape index (κ2) is 7.04. The van der Waals surface area contributed by atoms with Crippen molar-refractivity contribution in [2.24, 2.45) is 0 Å².